The predicted molar refractivity (Wildman–Crippen MR) is 50.8 cm³/mol. The summed E-state index contributed by atoms with van der Waals surface area (Å²) in [5.41, 5.74) is 8.20. The maximum atomic E-state index is 9.54. The minimum atomic E-state index is -1.23. The van der Waals surface area contributed by atoms with Crippen molar-refractivity contribution >= 4 is 0 Å². The first kappa shape index (κ1) is 12.0. The second kappa shape index (κ2) is 5.69. The van der Waals surface area contributed by atoms with E-state index in [9.17, 15) is 10.2 Å². The first-order chi connectivity index (χ1) is 7.20. The number of nitrogens with zero attached hydrogens (tertiary/aromatic N) is 3. The van der Waals surface area contributed by atoms with E-state index < -0.39 is 24.5 Å². The summed E-state index contributed by atoms with van der Waals surface area (Å²) >= 11 is 0. The molecule has 1 saturated heterocycles. The zero-order valence-corrected chi connectivity index (χ0v) is 8.06. The average Bonchev–Trinajstić information content (AvgIpc) is 2.24. The summed E-state index contributed by atoms with van der Waals surface area (Å²) in [6, 6.07) is -0.784. The van der Waals surface area contributed by atoms with Crippen LogP contribution in [0.25, 0.3) is 10.4 Å². The van der Waals surface area contributed by atoms with Gasteiger partial charge in [-0.15, -0.1) is 6.58 Å². The van der Waals surface area contributed by atoms with Gasteiger partial charge in [-0.1, -0.05) is 11.2 Å². The van der Waals surface area contributed by atoms with E-state index in [0.717, 1.165) is 0 Å². The summed E-state index contributed by atoms with van der Waals surface area (Å²) in [5.74, 6) is 0. The Kier molecular flexibility index (Phi) is 4.54. The molecule has 0 saturated carbocycles. The van der Waals surface area contributed by atoms with Gasteiger partial charge in [0.1, 0.15) is 6.10 Å². The number of ether oxygens (including phenoxy) is 2. The number of rotatable bonds is 4. The van der Waals surface area contributed by atoms with Crippen LogP contribution in [0.15, 0.2) is 17.8 Å². The molecule has 84 valence electrons. The van der Waals surface area contributed by atoms with E-state index in [1.165, 1.54) is 6.08 Å². The number of hydrogen-bond acceptors (Lipinski definition) is 5. The van der Waals surface area contributed by atoms with Crippen LogP contribution in [0.3, 0.4) is 0 Å². The van der Waals surface area contributed by atoms with E-state index in [1.54, 1.807) is 0 Å². The van der Waals surface area contributed by atoms with Gasteiger partial charge < -0.3 is 19.7 Å². The van der Waals surface area contributed by atoms with E-state index >= 15 is 0 Å². The molecule has 1 aliphatic rings. The fraction of sp³-hybridized carbons (Fsp3) is 0.750. The molecule has 0 aromatic heterocycles. The molecule has 1 heterocycles. The van der Waals surface area contributed by atoms with Gasteiger partial charge in [0.25, 0.3) is 0 Å². The highest BCUT2D eigenvalue weighted by atomic mass is 16.7. The molecule has 0 spiro atoms. The van der Waals surface area contributed by atoms with Crippen molar-refractivity contribution in [1.82, 2.24) is 0 Å². The Bertz CT molecular complexity index is 267. The van der Waals surface area contributed by atoms with E-state index in [1.807, 2.05) is 0 Å². The van der Waals surface area contributed by atoms with Crippen LogP contribution < -0.4 is 0 Å². The topological polar surface area (TPSA) is 108 Å². The molecular formula is C8H13N3O4. The summed E-state index contributed by atoms with van der Waals surface area (Å²) in [6.45, 7) is 3.67. The minimum Gasteiger partial charge on any atom is -0.390 e. The normalized spacial score (nSPS) is 35.6. The first-order valence-electron chi connectivity index (χ1n) is 4.45. The molecule has 1 aliphatic heterocycles. The second-order valence-corrected chi connectivity index (χ2v) is 3.08. The molecule has 0 aliphatic carbocycles. The largest absolute Gasteiger partial charge is 0.390 e. The lowest BCUT2D eigenvalue weighted by molar-refractivity contribution is -0.243. The van der Waals surface area contributed by atoms with Gasteiger partial charge in [-0.05, 0) is 5.53 Å². The maximum absolute atomic E-state index is 9.54. The molecule has 0 bridgehead atoms. The molecule has 0 aromatic rings. The van der Waals surface area contributed by atoms with Crippen molar-refractivity contribution in [2.24, 2.45) is 5.11 Å². The number of hydrogen-bond donors (Lipinski definition) is 2. The Morgan fingerprint density at radius 2 is 2.33 bits per heavy atom. The quantitative estimate of drug-likeness (QED) is 0.296. The zero-order chi connectivity index (χ0) is 11.3. The van der Waals surface area contributed by atoms with Crippen molar-refractivity contribution in [3.05, 3.63) is 23.1 Å². The summed E-state index contributed by atoms with van der Waals surface area (Å²) in [4.78, 5) is 2.55. The van der Waals surface area contributed by atoms with Crippen LogP contribution in [0.5, 0.6) is 0 Å². The van der Waals surface area contributed by atoms with Crippen LogP contribution >= 0.6 is 0 Å². The Hall–Kier alpha value is -1.11. The fourth-order valence-corrected chi connectivity index (χ4v) is 1.26. The molecule has 0 amide bonds. The van der Waals surface area contributed by atoms with Crippen molar-refractivity contribution in [2.75, 3.05) is 13.2 Å². The molecule has 1 fully saturated rings. The molecule has 15 heavy (non-hydrogen) atoms. The number of aliphatic hydroxyl groups is 2. The second-order valence-electron chi connectivity index (χ2n) is 3.08. The molecule has 2 N–H and O–H groups in total. The molecule has 4 atom stereocenters. The standard InChI is InChI=1S/C8H13N3O4/c1-2-3-14-8-7(13)6(12)5(4-15-8)10-11-9/h2,5-8,12-13H,1,3-4H2/t5-,6+,7?,8+/m0/s1. The number of azide groups is 1. The lowest BCUT2D eigenvalue weighted by Gasteiger charge is -2.35. The van der Waals surface area contributed by atoms with Gasteiger partial charge in [0.05, 0.1) is 25.4 Å². The van der Waals surface area contributed by atoms with E-state index in [2.05, 4.69) is 16.6 Å². The van der Waals surface area contributed by atoms with E-state index in [0.29, 0.717) is 0 Å². The van der Waals surface area contributed by atoms with Crippen LogP contribution in [0, 0.1) is 0 Å². The molecule has 1 unspecified atom stereocenters. The fourth-order valence-electron chi connectivity index (χ4n) is 1.26. The Labute approximate surface area is 86.5 Å². The van der Waals surface area contributed by atoms with Gasteiger partial charge in [-0.2, -0.15) is 0 Å². The summed E-state index contributed by atoms with van der Waals surface area (Å²) in [6.07, 6.45) is -1.82. The van der Waals surface area contributed by atoms with Crippen molar-refractivity contribution in [2.45, 2.75) is 24.5 Å². The smallest absolute Gasteiger partial charge is 0.186 e. The third-order valence-corrected chi connectivity index (χ3v) is 2.03. The van der Waals surface area contributed by atoms with Gasteiger partial charge in [-0.25, -0.2) is 0 Å². The van der Waals surface area contributed by atoms with Crippen molar-refractivity contribution in [1.29, 1.82) is 0 Å². The van der Waals surface area contributed by atoms with Gasteiger partial charge in [0.15, 0.2) is 6.29 Å². The molecule has 7 nitrogen and oxygen atoms in total. The van der Waals surface area contributed by atoms with E-state index in [-0.39, 0.29) is 13.2 Å². The lowest BCUT2D eigenvalue weighted by Crippen LogP contribution is -2.53. The molecule has 0 radical (unpaired) electrons. The van der Waals surface area contributed by atoms with Crippen LogP contribution in [-0.2, 0) is 9.47 Å². The zero-order valence-electron chi connectivity index (χ0n) is 8.06. The van der Waals surface area contributed by atoms with Crippen molar-refractivity contribution < 1.29 is 19.7 Å². The maximum Gasteiger partial charge on any atom is 0.186 e. The summed E-state index contributed by atoms with van der Waals surface area (Å²) in [7, 11) is 0. The summed E-state index contributed by atoms with van der Waals surface area (Å²) < 4.78 is 10.1. The Morgan fingerprint density at radius 3 is 2.93 bits per heavy atom. The molecular weight excluding hydrogens is 202 g/mol. The van der Waals surface area contributed by atoms with E-state index in [4.69, 9.17) is 15.0 Å². The number of aliphatic hydroxyl groups excluding tert-OH is 2. The Morgan fingerprint density at radius 1 is 1.60 bits per heavy atom. The Balaban J connectivity index is 2.55. The average molecular weight is 215 g/mol. The highest BCUT2D eigenvalue weighted by Gasteiger charge is 2.38. The lowest BCUT2D eigenvalue weighted by atomic mass is 10.0. The molecule has 0 aromatic carbocycles. The van der Waals surface area contributed by atoms with Gasteiger partial charge in [0.2, 0.25) is 0 Å². The summed E-state index contributed by atoms with van der Waals surface area (Å²) in [5, 5.41) is 22.4. The third kappa shape index (κ3) is 2.92. The monoisotopic (exact) mass is 215 g/mol. The minimum absolute atomic E-state index is 0.0180. The van der Waals surface area contributed by atoms with Crippen molar-refractivity contribution in [3.8, 4) is 0 Å². The first-order valence-corrected chi connectivity index (χ1v) is 4.45. The van der Waals surface area contributed by atoms with Crippen LogP contribution in [0.1, 0.15) is 0 Å². The molecule has 1 rings (SSSR count). The highest BCUT2D eigenvalue weighted by molar-refractivity contribution is 4.88. The van der Waals surface area contributed by atoms with Crippen molar-refractivity contribution in [3.63, 3.8) is 0 Å². The van der Waals surface area contributed by atoms with Crippen LogP contribution in [-0.4, -0.2) is 48.0 Å². The molecule has 7 heteroatoms. The van der Waals surface area contributed by atoms with Crippen LogP contribution in [0.4, 0.5) is 0 Å². The van der Waals surface area contributed by atoms with Crippen LogP contribution in [0.2, 0.25) is 0 Å². The third-order valence-electron chi connectivity index (χ3n) is 2.03. The predicted octanol–water partition coefficient (Wildman–Crippen LogP) is -0.0540. The van der Waals surface area contributed by atoms with Gasteiger partial charge in [0, 0.05) is 4.91 Å². The SMILES string of the molecule is C=CCO[C@@H]1OC[C@H](N=[N+]=[N-])[C@@H](O)C1O. The van der Waals surface area contributed by atoms with Gasteiger partial charge >= 0.3 is 0 Å². The van der Waals surface area contributed by atoms with Gasteiger partial charge in [-0.3, -0.25) is 0 Å². The highest BCUT2D eigenvalue weighted by Crippen LogP contribution is 2.18.